The van der Waals surface area contributed by atoms with E-state index >= 15 is 0 Å². The second-order valence-corrected chi connectivity index (χ2v) is 8.46. The molecule has 1 saturated heterocycles. The summed E-state index contributed by atoms with van der Waals surface area (Å²) in [7, 11) is 0. The number of nitrogens with zero attached hydrogens (tertiary/aromatic N) is 1. The lowest BCUT2D eigenvalue weighted by Gasteiger charge is -2.18. The number of amides is 3. The van der Waals surface area contributed by atoms with Crippen LogP contribution in [0.25, 0.3) is 0 Å². The number of allylic oxidation sites excluding steroid dienone is 2. The summed E-state index contributed by atoms with van der Waals surface area (Å²) in [6.45, 7) is 0. The van der Waals surface area contributed by atoms with Gasteiger partial charge in [0.15, 0.2) is 0 Å². The fourth-order valence-corrected chi connectivity index (χ4v) is 5.33. The molecule has 1 aromatic heterocycles. The SMILES string of the molecule is O=C(Nc1ccc(N2C(=O)[C@@H]3[C@@H](C2=O)[C@H]2C=C[C@@H]3C2)cc1Cl)c1cccs1. The molecule has 5 rings (SSSR count). The van der Waals surface area contributed by atoms with Gasteiger partial charge in [-0.3, -0.25) is 14.4 Å². The van der Waals surface area contributed by atoms with Crippen LogP contribution in [0.5, 0.6) is 0 Å². The Morgan fingerprint density at radius 2 is 1.81 bits per heavy atom. The van der Waals surface area contributed by atoms with Crippen LogP contribution in [0.3, 0.4) is 0 Å². The Morgan fingerprint density at radius 1 is 1.11 bits per heavy atom. The highest BCUT2D eigenvalue weighted by molar-refractivity contribution is 7.12. The molecule has 5 nitrogen and oxygen atoms in total. The lowest BCUT2D eigenvalue weighted by atomic mass is 9.85. The Labute approximate surface area is 164 Å². The maximum Gasteiger partial charge on any atom is 0.265 e. The highest BCUT2D eigenvalue weighted by Crippen LogP contribution is 2.53. The Morgan fingerprint density at radius 3 is 2.41 bits per heavy atom. The largest absolute Gasteiger partial charge is 0.320 e. The second kappa shape index (κ2) is 6.04. The number of hydrogen-bond acceptors (Lipinski definition) is 4. The van der Waals surface area contributed by atoms with Crippen molar-refractivity contribution < 1.29 is 14.4 Å². The minimum Gasteiger partial charge on any atom is -0.320 e. The summed E-state index contributed by atoms with van der Waals surface area (Å²) in [5.41, 5.74) is 0.901. The zero-order valence-electron chi connectivity index (χ0n) is 14.1. The monoisotopic (exact) mass is 398 g/mol. The van der Waals surface area contributed by atoms with Crippen molar-refractivity contribution in [1.82, 2.24) is 0 Å². The molecule has 2 aromatic rings. The zero-order valence-corrected chi connectivity index (χ0v) is 15.7. The van der Waals surface area contributed by atoms with Crippen LogP contribution in [0, 0.1) is 23.7 Å². The van der Waals surface area contributed by atoms with Crippen molar-refractivity contribution in [3.63, 3.8) is 0 Å². The summed E-state index contributed by atoms with van der Waals surface area (Å²) < 4.78 is 0. The van der Waals surface area contributed by atoms with Gasteiger partial charge in [0.2, 0.25) is 11.8 Å². The topological polar surface area (TPSA) is 66.5 Å². The van der Waals surface area contributed by atoms with E-state index in [2.05, 4.69) is 17.5 Å². The number of carbonyl (C=O) groups excluding carboxylic acids is 3. The summed E-state index contributed by atoms with van der Waals surface area (Å²) in [6.07, 6.45) is 5.03. The normalized spacial score (nSPS) is 28.1. The van der Waals surface area contributed by atoms with Crippen LogP contribution < -0.4 is 10.2 Å². The molecule has 136 valence electrons. The molecule has 7 heteroatoms. The fourth-order valence-electron chi connectivity index (χ4n) is 4.49. The Balaban J connectivity index is 1.40. The summed E-state index contributed by atoms with van der Waals surface area (Å²) in [4.78, 5) is 39.8. The van der Waals surface area contributed by atoms with Gasteiger partial charge in [0.1, 0.15) is 0 Å². The van der Waals surface area contributed by atoms with Crippen LogP contribution in [0.2, 0.25) is 5.02 Å². The van der Waals surface area contributed by atoms with E-state index in [9.17, 15) is 14.4 Å². The molecule has 4 atom stereocenters. The minimum atomic E-state index is -0.246. The highest BCUT2D eigenvalue weighted by atomic mass is 35.5. The van der Waals surface area contributed by atoms with Gasteiger partial charge in [0, 0.05) is 0 Å². The first-order valence-corrected chi connectivity index (χ1v) is 10.0. The molecular weight excluding hydrogens is 384 g/mol. The van der Waals surface area contributed by atoms with Crippen molar-refractivity contribution in [1.29, 1.82) is 0 Å². The molecule has 1 aromatic carbocycles. The van der Waals surface area contributed by atoms with E-state index in [1.54, 1.807) is 30.3 Å². The van der Waals surface area contributed by atoms with Crippen LogP contribution in [-0.4, -0.2) is 17.7 Å². The van der Waals surface area contributed by atoms with Gasteiger partial charge < -0.3 is 5.32 Å². The number of thiophene rings is 1. The van der Waals surface area contributed by atoms with Gasteiger partial charge in [-0.25, -0.2) is 4.90 Å². The van der Waals surface area contributed by atoms with Crippen molar-refractivity contribution >= 4 is 52.0 Å². The van der Waals surface area contributed by atoms with E-state index in [-0.39, 0.29) is 46.4 Å². The van der Waals surface area contributed by atoms with Crippen LogP contribution in [0.15, 0.2) is 47.9 Å². The molecule has 2 heterocycles. The third-order valence-corrected chi connectivity index (χ3v) is 6.86. The molecule has 27 heavy (non-hydrogen) atoms. The number of fused-ring (bicyclic) bond motifs is 5. The van der Waals surface area contributed by atoms with Gasteiger partial charge >= 0.3 is 0 Å². The number of imide groups is 1. The summed E-state index contributed by atoms with van der Waals surface area (Å²) in [6, 6.07) is 8.38. The molecule has 2 bridgehead atoms. The Hall–Kier alpha value is -2.44. The first-order chi connectivity index (χ1) is 13.0. The Kier molecular flexibility index (Phi) is 3.74. The van der Waals surface area contributed by atoms with Gasteiger partial charge in [0.25, 0.3) is 5.91 Å². The minimum absolute atomic E-state index is 0.145. The van der Waals surface area contributed by atoms with Gasteiger partial charge in [-0.2, -0.15) is 0 Å². The van der Waals surface area contributed by atoms with Gasteiger partial charge in [-0.15, -0.1) is 11.3 Å². The molecule has 0 unspecified atom stereocenters. The summed E-state index contributed by atoms with van der Waals surface area (Å²) in [5, 5.41) is 4.87. The maximum atomic E-state index is 12.9. The van der Waals surface area contributed by atoms with Gasteiger partial charge in [-0.05, 0) is 47.9 Å². The molecule has 2 aliphatic carbocycles. The first kappa shape index (κ1) is 16.7. The summed E-state index contributed by atoms with van der Waals surface area (Å²) in [5.74, 6) is -0.691. The predicted molar refractivity (Wildman–Crippen MR) is 104 cm³/mol. The quantitative estimate of drug-likeness (QED) is 0.628. The maximum absolute atomic E-state index is 12.9. The number of nitrogens with one attached hydrogen (secondary N) is 1. The van der Waals surface area contributed by atoms with E-state index in [1.807, 2.05) is 5.38 Å². The third kappa shape index (κ3) is 2.47. The molecule has 3 amide bonds. The zero-order chi connectivity index (χ0) is 18.7. The van der Waals surface area contributed by atoms with Crippen LogP contribution >= 0.6 is 22.9 Å². The lowest BCUT2D eigenvalue weighted by molar-refractivity contribution is -0.123. The van der Waals surface area contributed by atoms with Crippen LogP contribution in [-0.2, 0) is 9.59 Å². The molecular formula is C20H15ClN2O3S. The van der Waals surface area contributed by atoms with E-state index in [0.29, 0.717) is 16.3 Å². The average Bonchev–Trinajstić information content (AvgIpc) is 3.42. The van der Waals surface area contributed by atoms with Crippen LogP contribution in [0.1, 0.15) is 16.1 Å². The third-order valence-electron chi connectivity index (χ3n) is 5.67. The van der Waals surface area contributed by atoms with Gasteiger partial charge in [-0.1, -0.05) is 29.8 Å². The molecule has 1 aliphatic heterocycles. The predicted octanol–water partition coefficient (Wildman–Crippen LogP) is 3.97. The van der Waals surface area contributed by atoms with Crippen molar-refractivity contribution in [3.05, 3.63) is 57.8 Å². The van der Waals surface area contributed by atoms with Crippen molar-refractivity contribution in [2.75, 3.05) is 10.2 Å². The molecule has 1 N–H and O–H groups in total. The smallest absolute Gasteiger partial charge is 0.265 e. The van der Waals surface area contributed by atoms with E-state index in [0.717, 1.165) is 6.42 Å². The van der Waals surface area contributed by atoms with E-state index in [1.165, 1.54) is 16.2 Å². The first-order valence-electron chi connectivity index (χ1n) is 8.75. The Bertz CT molecular complexity index is 971. The average molecular weight is 399 g/mol. The number of rotatable bonds is 3. The second-order valence-electron chi connectivity index (χ2n) is 7.11. The number of carbonyl (C=O) groups is 3. The standard InChI is InChI=1S/C20H15ClN2O3S/c21-13-9-12(5-6-14(13)22-18(24)15-2-1-7-27-15)23-19(25)16-10-3-4-11(8-10)17(16)20(23)26/h1-7,9-11,16-17H,8H2,(H,22,24)/t10-,11+,16-,17-/m0/s1. The van der Waals surface area contributed by atoms with Crippen molar-refractivity contribution in [3.8, 4) is 0 Å². The molecule has 2 fully saturated rings. The fraction of sp³-hybridized carbons (Fsp3) is 0.250. The molecule has 3 aliphatic rings. The number of benzene rings is 1. The summed E-state index contributed by atoms with van der Waals surface area (Å²) >= 11 is 7.66. The highest BCUT2D eigenvalue weighted by Gasteiger charge is 2.59. The number of halogens is 1. The van der Waals surface area contributed by atoms with Crippen molar-refractivity contribution in [2.24, 2.45) is 23.7 Å². The van der Waals surface area contributed by atoms with Crippen LogP contribution in [0.4, 0.5) is 11.4 Å². The molecule has 0 spiro atoms. The number of hydrogen-bond donors (Lipinski definition) is 1. The van der Waals surface area contributed by atoms with Crippen molar-refractivity contribution in [2.45, 2.75) is 6.42 Å². The molecule has 0 radical (unpaired) electrons. The van der Waals surface area contributed by atoms with E-state index < -0.39 is 0 Å². The molecule has 1 saturated carbocycles. The number of anilines is 2. The lowest BCUT2D eigenvalue weighted by Crippen LogP contribution is -2.32. The van der Waals surface area contributed by atoms with Gasteiger partial charge in [0.05, 0.1) is 33.1 Å². The van der Waals surface area contributed by atoms with E-state index in [4.69, 9.17) is 11.6 Å².